The number of piperazine rings is 1. The van der Waals surface area contributed by atoms with Crippen molar-refractivity contribution in [2.24, 2.45) is 0 Å². The Morgan fingerprint density at radius 1 is 1.05 bits per heavy atom. The highest BCUT2D eigenvalue weighted by atomic mass is 16.5. The van der Waals surface area contributed by atoms with Crippen LogP contribution >= 0.6 is 0 Å². The Balaban J connectivity index is 1.69. The summed E-state index contributed by atoms with van der Waals surface area (Å²) in [5.41, 5.74) is 0. The summed E-state index contributed by atoms with van der Waals surface area (Å²) in [7, 11) is 2.18. The minimum atomic E-state index is 0.258. The van der Waals surface area contributed by atoms with Gasteiger partial charge in [-0.25, -0.2) is 0 Å². The number of nitrogens with zero attached hydrogens (tertiary/aromatic N) is 2. The van der Waals surface area contributed by atoms with Gasteiger partial charge in [0.25, 0.3) is 0 Å². The van der Waals surface area contributed by atoms with E-state index in [0.29, 0.717) is 0 Å². The number of likely N-dealkylation sites (N-methyl/N-ethyl adjacent to an activating group) is 1. The Morgan fingerprint density at radius 3 is 2.29 bits per heavy atom. The Kier molecular flexibility index (Phi) is 6.33. The molecule has 4 heteroatoms. The van der Waals surface area contributed by atoms with Gasteiger partial charge in [0.15, 0.2) is 0 Å². The van der Waals surface area contributed by atoms with Crippen LogP contribution in [-0.2, 0) is 0 Å². The monoisotopic (exact) mass is 292 g/mol. The summed E-state index contributed by atoms with van der Waals surface area (Å²) < 4.78 is 11.6. The second kappa shape index (κ2) is 8.25. The smallest absolute Gasteiger partial charge is 0.119 e. The molecule has 0 saturated carbocycles. The van der Waals surface area contributed by atoms with Gasteiger partial charge in [0.05, 0.1) is 6.10 Å². The number of hydrogen-bond donors (Lipinski definition) is 0. The predicted octanol–water partition coefficient (Wildman–Crippen LogP) is 2.49. The van der Waals surface area contributed by atoms with Crippen LogP contribution in [0.2, 0.25) is 0 Å². The molecule has 1 saturated heterocycles. The molecule has 0 amide bonds. The number of hydrogen-bond acceptors (Lipinski definition) is 4. The van der Waals surface area contributed by atoms with Crippen LogP contribution in [0.15, 0.2) is 24.3 Å². The maximum atomic E-state index is 5.81. The van der Waals surface area contributed by atoms with Crippen molar-refractivity contribution in [2.45, 2.75) is 26.4 Å². The Hall–Kier alpha value is -1.26. The first-order valence-corrected chi connectivity index (χ1v) is 7.98. The highest BCUT2D eigenvalue weighted by Crippen LogP contribution is 2.19. The van der Waals surface area contributed by atoms with Crippen LogP contribution in [0.25, 0.3) is 0 Å². The van der Waals surface area contributed by atoms with E-state index >= 15 is 0 Å². The van der Waals surface area contributed by atoms with Gasteiger partial charge in [-0.2, -0.15) is 0 Å². The number of ether oxygens (including phenoxy) is 2. The zero-order valence-corrected chi connectivity index (χ0v) is 13.5. The summed E-state index contributed by atoms with van der Waals surface area (Å²) in [5.74, 6) is 1.83. The van der Waals surface area contributed by atoms with E-state index in [1.54, 1.807) is 0 Å². The van der Waals surface area contributed by atoms with E-state index < -0.39 is 0 Å². The van der Waals surface area contributed by atoms with Crippen LogP contribution in [0.1, 0.15) is 20.3 Å². The van der Waals surface area contributed by atoms with Crippen LogP contribution < -0.4 is 9.47 Å². The predicted molar refractivity (Wildman–Crippen MR) is 86.3 cm³/mol. The van der Waals surface area contributed by atoms with Gasteiger partial charge in [-0.15, -0.1) is 0 Å². The van der Waals surface area contributed by atoms with E-state index in [9.17, 15) is 0 Å². The first-order valence-electron chi connectivity index (χ1n) is 7.98. The molecule has 0 aromatic heterocycles. The fraction of sp³-hybridized carbons (Fsp3) is 0.647. The minimum absolute atomic E-state index is 0.258. The minimum Gasteiger partial charge on any atom is -0.492 e. The lowest BCUT2D eigenvalue weighted by molar-refractivity contribution is 0.133. The summed E-state index contributed by atoms with van der Waals surface area (Å²) in [6.07, 6.45) is 1.28. The van der Waals surface area contributed by atoms with Crippen LogP contribution in [0.4, 0.5) is 0 Å². The quantitative estimate of drug-likeness (QED) is 0.771. The van der Waals surface area contributed by atoms with Crippen LogP contribution in [-0.4, -0.2) is 62.3 Å². The molecule has 1 fully saturated rings. The molecule has 0 bridgehead atoms. The van der Waals surface area contributed by atoms with E-state index in [0.717, 1.165) is 57.3 Å². The summed E-state index contributed by atoms with van der Waals surface area (Å²) in [6.45, 7) is 10.5. The fourth-order valence-electron chi connectivity index (χ4n) is 2.29. The van der Waals surface area contributed by atoms with Crippen LogP contribution in [0.5, 0.6) is 11.5 Å². The van der Waals surface area contributed by atoms with Gasteiger partial charge in [0, 0.05) is 32.7 Å². The van der Waals surface area contributed by atoms with Crippen LogP contribution in [0.3, 0.4) is 0 Å². The molecular formula is C17H28N2O2. The lowest BCUT2D eigenvalue weighted by Gasteiger charge is -2.32. The second-order valence-electron chi connectivity index (χ2n) is 5.80. The van der Waals surface area contributed by atoms with E-state index in [2.05, 4.69) is 30.7 Å². The first kappa shape index (κ1) is 16.1. The SMILES string of the molecule is CC[C@@H](C)Oc1ccc(OCCN2CCN(C)CC2)cc1. The molecule has 0 radical (unpaired) electrons. The normalized spacial score (nSPS) is 18.4. The van der Waals surface area contributed by atoms with E-state index in [1.807, 2.05) is 24.3 Å². The molecule has 1 aromatic rings. The van der Waals surface area contributed by atoms with E-state index in [4.69, 9.17) is 9.47 Å². The zero-order valence-electron chi connectivity index (χ0n) is 13.5. The van der Waals surface area contributed by atoms with Crippen molar-refractivity contribution in [1.82, 2.24) is 9.80 Å². The maximum Gasteiger partial charge on any atom is 0.119 e. The van der Waals surface area contributed by atoms with Crippen molar-refractivity contribution in [3.05, 3.63) is 24.3 Å². The first-order chi connectivity index (χ1) is 10.2. The molecule has 118 valence electrons. The van der Waals surface area contributed by atoms with E-state index in [1.165, 1.54) is 0 Å². The fourth-order valence-corrected chi connectivity index (χ4v) is 2.29. The van der Waals surface area contributed by atoms with Crippen molar-refractivity contribution in [2.75, 3.05) is 46.4 Å². The third-order valence-electron chi connectivity index (χ3n) is 4.01. The van der Waals surface area contributed by atoms with Gasteiger partial charge < -0.3 is 14.4 Å². The zero-order chi connectivity index (χ0) is 15.1. The molecule has 0 N–H and O–H groups in total. The molecule has 1 aliphatic heterocycles. The highest BCUT2D eigenvalue weighted by Gasteiger charge is 2.13. The molecule has 1 atom stereocenters. The Morgan fingerprint density at radius 2 is 1.67 bits per heavy atom. The van der Waals surface area contributed by atoms with E-state index in [-0.39, 0.29) is 6.10 Å². The van der Waals surface area contributed by atoms with Crippen molar-refractivity contribution >= 4 is 0 Å². The summed E-state index contributed by atoms with van der Waals surface area (Å²) in [5, 5.41) is 0. The standard InChI is InChI=1S/C17H28N2O2/c1-4-15(2)21-17-7-5-16(6-8-17)20-14-13-19-11-9-18(3)10-12-19/h5-8,15H,4,9-14H2,1-3H3/t15-/m1/s1. The molecule has 1 aromatic carbocycles. The van der Waals surface area contributed by atoms with Gasteiger partial charge in [0.2, 0.25) is 0 Å². The molecule has 1 aliphatic rings. The molecule has 2 rings (SSSR count). The molecule has 4 nitrogen and oxygen atoms in total. The van der Waals surface area contributed by atoms with Gasteiger partial charge in [-0.3, -0.25) is 4.90 Å². The molecule has 21 heavy (non-hydrogen) atoms. The Bertz CT molecular complexity index is 400. The van der Waals surface area contributed by atoms with Gasteiger partial charge >= 0.3 is 0 Å². The van der Waals surface area contributed by atoms with Gasteiger partial charge in [-0.05, 0) is 44.7 Å². The largest absolute Gasteiger partial charge is 0.492 e. The average Bonchev–Trinajstić information content (AvgIpc) is 2.51. The summed E-state index contributed by atoms with van der Waals surface area (Å²) in [4.78, 5) is 4.83. The van der Waals surface area contributed by atoms with Crippen molar-refractivity contribution in [1.29, 1.82) is 0 Å². The summed E-state index contributed by atoms with van der Waals surface area (Å²) >= 11 is 0. The Labute approximate surface area is 128 Å². The maximum absolute atomic E-state index is 5.81. The van der Waals surface area contributed by atoms with Gasteiger partial charge in [0.1, 0.15) is 18.1 Å². The molecular weight excluding hydrogens is 264 g/mol. The highest BCUT2D eigenvalue weighted by molar-refractivity contribution is 5.31. The van der Waals surface area contributed by atoms with Crippen molar-refractivity contribution in [3.63, 3.8) is 0 Å². The third kappa shape index (κ3) is 5.56. The molecule has 0 spiro atoms. The topological polar surface area (TPSA) is 24.9 Å². The molecule has 0 unspecified atom stereocenters. The van der Waals surface area contributed by atoms with Crippen molar-refractivity contribution in [3.8, 4) is 11.5 Å². The lowest BCUT2D eigenvalue weighted by atomic mass is 10.3. The van der Waals surface area contributed by atoms with Gasteiger partial charge in [-0.1, -0.05) is 6.92 Å². The second-order valence-corrected chi connectivity index (χ2v) is 5.80. The lowest BCUT2D eigenvalue weighted by Crippen LogP contribution is -2.45. The third-order valence-corrected chi connectivity index (χ3v) is 4.01. The number of rotatable bonds is 7. The molecule has 1 heterocycles. The van der Waals surface area contributed by atoms with Crippen molar-refractivity contribution < 1.29 is 9.47 Å². The van der Waals surface area contributed by atoms with Crippen LogP contribution in [0, 0.1) is 0 Å². The number of benzene rings is 1. The molecule has 0 aliphatic carbocycles. The average molecular weight is 292 g/mol. The summed E-state index contributed by atoms with van der Waals surface area (Å²) in [6, 6.07) is 7.94.